The van der Waals surface area contributed by atoms with E-state index in [9.17, 15) is 10.1 Å². The highest BCUT2D eigenvalue weighted by molar-refractivity contribution is 5.46. The normalized spacial score (nSPS) is 10.2. The van der Waals surface area contributed by atoms with Gasteiger partial charge in [0, 0.05) is 18.3 Å². The van der Waals surface area contributed by atoms with Gasteiger partial charge in [0.05, 0.1) is 24.1 Å². The van der Waals surface area contributed by atoms with Gasteiger partial charge in [-0.15, -0.1) is 0 Å². The summed E-state index contributed by atoms with van der Waals surface area (Å²) in [5.41, 5.74) is 1.01. The number of aliphatic hydroxyl groups is 1. The second-order valence-corrected chi connectivity index (χ2v) is 4.65. The molecule has 6 nitrogen and oxygen atoms in total. The monoisotopic (exact) mass is 302 g/mol. The fourth-order valence-electron chi connectivity index (χ4n) is 2.09. The molecule has 0 aliphatic rings. The van der Waals surface area contributed by atoms with Crippen LogP contribution in [0, 0.1) is 10.1 Å². The molecule has 0 unspecified atom stereocenters. The van der Waals surface area contributed by atoms with E-state index in [0.717, 1.165) is 5.69 Å². The lowest BCUT2D eigenvalue weighted by Gasteiger charge is -2.23. The number of rotatable bonds is 8. The van der Waals surface area contributed by atoms with Gasteiger partial charge in [0.2, 0.25) is 0 Å². The second kappa shape index (κ2) is 7.99. The van der Waals surface area contributed by atoms with E-state index in [2.05, 4.69) is 0 Å². The van der Waals surface area contributed by atoms with E-state index < -0.39 is 4.92 Å². The minimum Gasteiger partial charge on any atom is -0.491 e. The minimum atomic E-state index is -0.450. The van der Waals surface area contributed by atoms with Crippen LogP contribution in [0.25, 0.3) is 0 Å². The molecular formula is C16H18N2O4. The first-order valence-corrected chi connectivity index (χ1v) is 6.99. The van der Waals surface area contributed by atoms with Gasteiger partial charge in [-0.3, -0.25) is 10.1 Å². The molecule has 0 bridgehead atoms. The van der Waals surface area contributed by atoms with Crippen molar-refractivity contribution in [1.82, 2.24) is 0 Å². The average Bonchev–Trinajstić information content (AvgIpc) is 2.55. The van der Waals surface area contributed by atoms with Gasteiger partial charge in [0.25, 0.3) is 5.69 Å². The van der Waals surface area contributed by atoms with E-state index in [0.29, 0.717) is 25.4 Å². The summed E-state index contributed by atoms with van der Waals surface area (Å²) in [5, 5.41) is 19.9. The Balaban J connectivity index is 1.93. The quantitative estimate of drug-likeness (QED) is 0.599. The molecule has 0 fully saturated rings. The highest BCUT2D eigenvalue weighted by Gasteiger charge is 2.08. The molecule has 2 rings (SSSR count). The SMILES string of the molecule is O=[N+]([O-])c1cccc(OCCN(CCO)c2ccccc2)c1. The zero-order valence-corrected chi connectivity index (χ0v) is 12.1. The third-order valence-electron chi connectivity index (χ3n) is 3.15. The Morgan fingerprint density at radius 3 is 2.55 bits per heavy atom. The van der Waals surface area contributed by atoms with Crippen LogP contribution in [0.4, 0.5) is 11.4 Å². The maximum atomic E-state index is 10.7. The molecular weight excluding hydrogens is 284 g/mol. The Labute approximate surface area is 128 Å². The van der Waals surface area contributed by atoms with Gasteiger partial charge >= 0.3 is 0 Å². The lowest BCUT2D eigenvalue weighted by atomic mass is 10.3. The second-order valence-electron chi connectivity index (χ2n) is 4.65. The summed E-state index contributed by atoms with van der Waals surface area (Å²) in [7, 11) is 0. The van der Waals surface area contributed by atoms with Crippen molar-refractivity contribution in [3.05, 3.63) is 64.7 Å². The topological polar surface area (TPSA) is 75.8 Å². The predicted octanol–water partition coefficient (Wildman–Crippen LogP) is 2.47. The van der Waals surface area contributed by atoms with Crippen LogP contribution in [-0.2, 0) is 0 Å². The molecule has 0 aliphatic carbocycles. The summed E-state index contributed by atoms with van der Waals surface area (Å²) in [4.78, 5) is 12.3. The molecule has 0 spiro atoms. The van der Waals surface area contributed by atoms with Gasteiger partial charge in [0.1, 0.15) is 12.4 Å². The van der Waals surface area contributed by atoms with Gasteiger partial charge in [-0.1, -0.05) is 24.3 Å². The Kier molecular flexibility index (Phi) is 5.73. The number of benzene rings is 2. The predicted molar refractivity (Wildman–Crippen MR) is 84.3 cm³/mol. The smallest absolute Gasteiger partial charge is 0.273 e. The number of para-hydroxylation sites is 1. The molecule has 2 aromatic rings. The molecule has 6 heteroatoms. The van der Waals surface area contributed by atoms with Crippen molar-refractivity contribution in [2.75, 3.05) is 31.2 Å². The van der Waals surface area contributed by atoms with Crippen molar-refractivity contribution in [3.63, 3.8) is 0 Å². The first kappa shape index (κ1) is 15.8. The molecule has 0 heterocycles. The molecule has 0 radical (unpaired) electrons. The largest absolute Gasteiger partial charge is 0.491 e. The van der Waals surface area contributed by atoms with E-state index in [1.165, 1.54) is 12.1 Å². The summed E-state index contributed by atoms with van der Waals surface area (Å²) < 4.78 is 5.57. The Bertz CT molecular complexity index is 604. The first-order valence-electron chi connectivity index (χ1n) is 6.99. The number of nitrogens with zero attached hydrogens (tertiary/aromatic N) is 2. The average molecular weight is 302 g/mol. The van der Waals surface area contributed by atoms with Gasteiger partial charge in [-0.25, -0.2) is 0 Å². The van der Waals surface area contributed by atoms with Gasteiger partial charge in [0.15, 0.2) is 0 Å². The van der Waals surface area contributed by atoms with Crippen LogP contribution in [0.1, 0.15) is 0 Å². The molecule has 0 aliphatic heterocycles. The Morgan fingerprint density at radius 2 is 1.86 bits per heavy atom. The molecule has 0 atom stereocenters. The molecule has 0 saturated carbocycles. The molecule has 116 valence electrons. The van der Waals surface area contributed by atoms with E-state index in [4.69, 9.17) is 9.84 Å². The summed E-state index contributed by atoms with van der Waals surface area (Å²) in [6, 6.07) is 15.8. The first-order chi connectivity index (χ1) is 10.7. The van der Waals surface area contributed by atoms with Crippen molar-refractivity contribution in [2.45, 2.75) is 0 Å². The fourth-order valence-corrected chi connectivity index (χ4v) is 2.09. The van der Waals surface area contributed by atoms with Crippen molar-refractivity contribution < 1.29 is 14.8 Å². The van der Waals surface area contributed by atoms with E-state index in [-0.39, 0.29) is 12.3 Å². The van der Waals surface area contributed by atoms with E-state index >= 15 is 0 Å². The van der Waals surface area contributed by atoms with Gasteiger partial charge < -0.3 is 14.7 Å². The van der Waals surface area contributed by atoms with Gasteiger partial charge in [-0.05, 0) is 18.2 Å². The fraction of sp³-hybridized carbons (Fsp3) is 0.250. The summed E-state index contributed by atoms with van der Waals surface area (Å²) in [6.45, 7) is 1.50. The summed E-state index contributed by atoms with van der Waals surface area (Å²) in [6.07, 6.45) is 0. The maximum Gasteiger partial charge on any atom is 0.273 e. The number of anilines is 1. The lowest BCUT2D eigenvalue weighted by molar-refractivity contribution is -0.384. The van der Waals surface area contributed by atoms with Crippen LogP contribution in [-0.4, -0.2) is 36.3 Å². The van der Waals surface area contributed by atoms with Crippen LogP contribution < -0.4 is 9.64 Å². The molecule has 0 amide bonds. The molecule has 22 heavy (non-hydrogen) atoms. The summed E-state index contributed by atoms with van der Waals surface area (Å²) in [5.74, 6) is 0.464. The van der Waals surface area contributed by atoms with Crippen molar-refractivity contribution >= 4 is 11.4 Å². The van der Waals surface area contributed by atoms with Crippen LogP contribution >= 0.6 is 0 Å². The highest BCUT2D eigenvalue weighted by Crippen LogP contribution is 2.19. The zero-order valence-electron chi connectivity index (χ0n) is 12.1. The van der Waals surface area contributed by atoms with E-state index in [1.54, 1.807) is 12.1 Å². The lowest BCUT2D eigenvalue weighted by Crippen LogP contribution is -2.31. The minimum absolute atomic E-state index is 0.00720. The van der Waals surface area contributed by atoms with Crippen molar-refractivity contribution in [2.24, 2.45) is 0 Å². The number of hydrogen-bond acceptors (Lipinski definition) is 5. The number of non-ortho nitro benzene ring substituents is 1. The molecule has 1 N–H and O–H groups in total. The number of nitro groups is 1. The standard InChI is InChI=1S/C16H18N2O4/c19-11-9-17(14-5-2-1-3-6-14)10-12-22-16-8-4-7-15(13-16)18(20)21/h1-8,13,19H,9-12H2. The molecule has 2 aromatic carbocycles. The van der Waals surface area contributed by atoms with E-state index in [1.807, 2.05) is 35.2 Å². The number of nitro benzene ring substituents is 1. The number of hydrogen-bond donors (Lipinski definition) is 1. The van der Waals surface area contributed by atoms with Gasteiger partial charge in [-0.2, -0.15) is 0 Å². The number of aliphatic hydroxyl groups excluding tert-OH is 1. The van der Waals surface area contributed by atoms with Crippen LogP contribution in [0.15, 0.2) is 54.6 Å². The Morgan fingerprint density at radius 1 is 1.09 bits per heavy atom. The van der Waals surface area contributed by atoms with Crippen molar-refractivity contribution in [1.29, 1.82) is 0 Å². The molecule has 0 saturated heterocycles. The Hall–Kier alpha value is -2.60. The highest BCUT2D eigenvalue weighted by atomic mass is 16.6. The maximum absolute atomic E-state index is 10.7. The third kappa shape index (κ3) is 4.46. The van der Waals surface area contributed by atoms with Crippen LogP contribution in [0.3, 0.4) is 0 Å². The van der Waals surface area contributed by atoms with Crippen molar-refractivity contribution in [3.8, 4) is 5.75 Å². The molecule has 0 aromatic heterocycles. The summed E-state index contributed by atoms with van der Waals surface area (Å²) >= 11 is 0. The third-order valence-corrected chi connectivity index (χ3v) is 3.15. The zero-order chi connectivity index (χ0) is 15.8. The number of ether oxygens (including phenoxy) is 1. The van der Waals surface area contributed by atoms with Crippen LogP contribution in [0.5, 0.6) is 5.75 Å². The van der Waals surface area contributed by atoms with Crippen LogP contribution in [0.2, 0.25) is 0 Å².